The molecule has 0 amide bonds. The standard InChI is InChI=1S/C32H29N2O2P/c1-3-36-32(35)30(23-25-24-34(2)31-22-14-13-21-29(25)31)33-37(26-15-7-4-8-16-26,27-17-9-5-10-18-27)28-19-11-6-12-20-28/h4-24H,3H2,1-2H3/b30-23-. The Balaban J connectivity index is 1.89. The zero-order valence-electron chi connectivity index (χ0n) is 21.0. The SMILES string of the molecule is CCOC(=O)/C(=C/c1cn(C)c2ccccc12)N=P(c1ccccc1)(c1ccccc1)c1ccccc1. The van der Waals surface area contributed by atoms with Crippen LogP contribution < -0.4 is 15.9 Å². The number of esters is 1. The minimum atomic E-state index is -2.63. The second-order valence-electron chi connectivity index (χ2n) is 8.70. The predicted molar refractivity (Wildman–Crippen MR) is 155 cm³/mol. The van der Waals surface area contributed by atoms with Gasteiger partial charge in [0.25, 0.3) is 0 Å². The highest BCUT2D eigenvalue weighted by molar-refractivity contribution is 7.87. The highest BCUT2D eigenvalue weighted by Crippen LogP contribution is 2.48. The van der Waals surface area contributed by atoms with Crippen molar-refractivity contribution in [2.45, 2.75) is 6.92 Å². The number of hydrogen-bond acceptors (Lipinski definition) is 3. The van der Waals surface area contributed by atoms with Gasteiger partial charge in [-0.25, -0.2) is 9.54 Å². The third-order valence-electron chi connectivity index (χ3n) is 6.35. The van der Waals surface area contributed by atoms with Crippen LogP contribution in [0.2, 0.25) is 0 Å². The van der Waals surface area contributed by atoms with Crippen molar-refractivity contribution in [1.82, 2.24) is 4.57 Å². The minimum absolute atomic E-state index is 0.273. The normalized spacial score (nSPS) is 11.9. The molecule has 5 heteroatoms. The number of hydrogen-bond donors (Lipinski definition) is 0. The number of rotatable bonds is 7. The molecule has 4 aromatic carbocycles. The number of ether oxygens (including phenoxy) is 1. The summed E-state index contributed by atoms with van der Waals surface area (Å²) in [5.74, 6) is -0.428. The molecule has 5 rings (SSSR count). The van der Waals surface area contributed by atoms with Crippen molar-refractivity contribution >= 4 is 45.9 Å². The van der Waals surface area contributed by atoms with Crippen molar-refractivity contribution in [1.29, 1.82) is 0 Å². The van der Waals surface area contributed by atoms with E-state index in [0.29, 0.717) is 5.70 Å². The highest BCUT2D eigenvalue weighted by atomic mass is 31.2. The highest BCUT2D eigenvalue weighted by Gasteiger charge is 2.29. The van der Waals surface area contributed by atoms with Crippen LogP contribution in [-0.2, 0) is 16.6 Å². The molecule has 0 saturated heterocycles. The summed E-state index contributed by atoms with van der Waals surface area (Å²) in [5.41, 5.74) is 2.33. The Kier molecular flexibility index (Phi) is 7.20. The maximum absolute atomic E-state index is 13.5. The summed E-state index contributed by atoms with van der Waals surface area (Å²) in [6.45, 7) is 2.09. The summed E-state index contributed by atoms with van der Waals surface area (Å²) >= 11 is 0. The average molecular weight is 505 g/mol. The van der Waals surface area contributed by atoms with Gasteiger partial charge in [0.15, 0.2) is 0 Å². The quantitative estimate of drug-likeness (QED) is 0.149. The minimum Gasteiger partial charge on any atom is -0.461 e. The van der Waals surface area contributed by atoms with E-state index in [1.807, 2.05) is 93.0 Å². The van der Waals surface area contributed by atoms with Crippen LogP contribution in [0.3, 0.4) is 0 Å². The monoisotopic (exact) mass is 504 g/mol. The van der Waals surface area contributed by atoms with E-state index in [9.17, 15) is 4.79 Å². The van der Waals surface area contributed by atoms with Crippen LogP contribution in [0.4, 0.5) is 0 Å². The van der Waals surface area contributed by atoms with E-state index in [4.69, 9.17) is 9.48 Å². The van der Waals surface area contributed by atoms with Crippen molar-refractivity contribution < 1.29 is 9.53 Å². The maximum Gasteiger partial charge on any atom is 0.356 e. The van der Waals surface area contributed by atoms with Crippen LogP contribution in [0.15, 0.2) is 132 Å². The Labute approximate surface area is 217 Å². The van der Waals surface area contributed by atoms with E-state index in [-0.39, 0.29) is 6.61 Å². The molecule has 37 heavy (non-hydrogen) atoms. The summed E-state index contributed by atoms with van der Waals surface area (Å²) in [4.78, 5) is 13.5. The van der Waals surface area contributed by atoms with E-state index in [0.717, 1.165) is 32.4 Å². The van der Waals surface area contributed by atoms with Crippen LogP contribution in [-0.4, -0.2) is 17.1 Å². The number of aryl methyl sites for hydroxylation is 1. The lowest BCUT2D eigenvalue weighted by Gasteiger charge is -2.27. The number of fused-ring (bicyclic) bond motifs is 1. The van der Waals surface area contributed by atoms with Gasteiger partial charge < -0.3 is 9.30 Å². The molecule has 0 aliphatic carbocycles. The smallest absolute Gasteiger partial charge is 0.356 e. The van der Waals surface area contributed by atoms with Gasteiger partial charge in [0.2, 0.25) is 0 Å². The van der Waals surface area contributed by atoms with Crippen LogP contribution >= 0.6 is 7.05 Å². The largest absolute Gasteiger partial charge is 0.461 e. The summed E-state index contributed by atoms with van der Waals surface area (Å²) in [6.07, 6.45) is 3.91. The second-order valence-corrected chi connectivity index (χ2v) is 11.7. The molecule has 0 spiro atoms. The van der Waals surface area contributed by atoms with Gasteiger partial charge >= 0.3 is 5.97 Å². The zero-order valence-corrected chi connectivity index (χ0v) is 21.9. The Morgan fingerprint density at radius 1 is 0.784 bits per heavy atom. The van der Waals surface area contributed by atoms with Gasteiger partial charge in [-0.15, -0.1) is 0 Å². The average Bonchev–Trinajstić information content (AvgIpc) is 3.27. The second kappa shape index (κ2) is 10.9. The molecule has 4 nitrogen and oxygen atoms in total. The molecule has 0 aliphatic rings. The first-order chi connectivity index (χ1) is 18.1. The molecule has 1 heterocycles. The molecule has 0 aliphatic heterocycles. The molecule has 0 N–H and O–H groups in total. The fourth-order valence-corrected chi connectivity index (χ4v) is 8.20. The number of para-hydroxylation sites is 1. The van der Waals surface area contributed by atoms with Gasteiger partial charge in [0.1, 0.15) is 5.70 Å². The van der Waals surface area contributed by atoms with Gasteiger partial charge in [0.05, 0.1) is 13.7 Å². The van der Waals surface area contributed by atoms with Crippen LogP contribution in [0.1, 0.15) is 12.5 Å². The van der Waals surface area contributed by atoms with Crippen LogP contribution in [0.25, 0.3) is 17.0 Å². The Morgan fingerprint density at radius 2 is 1.27 bits per heavy atom. The first kappa shape index (κ1) is 24.5. The van der Waals surface area contributed by atoms with Crippen molar-refractivity contribution in [2.75, 3.05) is 6.61 Å². The van der Waals surface area contributed by atoms with Crippen LogP contribution in [0, 0.1) is 0 Å². The summed E-state index contributed by atoms with van der Waals surface area (Å²) in [6, 6.07) is 39.0. The molecule has 0 unspecified atom stereocenters. The summed E-state index contributed by atoms with van der Waals surface area (Å²) < 4.78 is 13.1. The van der Waals surface area contributed by atoms with Crippen molar-refractivity contribution in [3.8, 4) is 0 Å². The molecule has 0 atom stereocenters. The number of nitrogens with zero attached hydrogens (tertiary/aromatic N) is 2. The first-order valence-corrected chi connectivity index (χ1v) is 14.1. The molecule has 0 radical (unpaired) electrons. The van der Waals surface area contributed by atoms with E-state index in [1.165, 1.54) is 0 Å². The topological polar surface area (TPSA) is 43.6 Å². The molecule has 0 bridgehead atoms. The maximum atomic E-state index is 13.5. The molecule has 1 aromatic heterocycles. The van der Waals surface area contributed by atoms with E-state index >= 15 is 0 Å². The lowest BCUT2D eigenvalue weighted by molar-refractivity contribution is -0.138. The number of carbonyl (C=O) groups excluding carboxylic acids is 1. The molecule has 5 aromatic rings. The summed E-state index contributed by atoms with van der Waals surface area (Å²) in [5, 5.41) is 4.27. The lowest BCUT2D eigenvalue weighted by Crippen LogP contribution is -2.26. The predicted octanol–water partition coefficient (Wildman–Crippen LogP) is 6.26. The molecule has 0 fully saturated rings. The van der Waals surface area contributed by atoms with E-state index < -0.39 is 13.0 Å². The van der Waals surface area contributed by atoms with Gasteiger partial charge in [-0.3, -0.25) is 0 Å². The third-order valence-corrected chi connectivity index (χ3v) is 10.0. The van der Waals surface area contributed by atoms with Crippen LogP contribution in [0.5, 0.6) is 0 Å². The Bertz CT molecular complexity index is 1500. The van der Waals surface area contributed by atoms with Crippen molar-refractivity contribution in [3.05, 3.63) is 133 Å². The van der Waals surface area contributed by atoms with Gasteiger partial charge in [-0.1, -0.05) is 109 Å². The summed E-state index contributed by atoms with van der Waals surface area (Å²) in [7, 11) is -0.618. The number of aromatic nitrogens is 1. The lowest BCUT2D eigenvalue weighted by atomic mass is 10.1. The van der Waals surface area contributed by atoms with Crippen molar-refractivity contribution in [2.24, 2.45) is 11.8 Å². The van der Waals surface area contributed by atoms with Gasteiger partial charge in [0, 0.05) is 45.6 Å². The molecular formula is C32H29N2O2P. The molecule has 0 saturated carbocycles. The van der Waals surface area contributed by atoms with Gasteiger partial charge in [-0.2, -0.15) is 0 Å². The Morgan fingerprint density at radius 3 is 1.78 bits per heavy atom. The fourth-order valence-electron chi connectivity index (χ4n) is 4.68. The van der Waals surface area contributed by atoms with E-state index in [1.54, 1.807) is 0 Å². The van der Waals surface area contributed by atoms with E-state index in [2.05, 4.69) is 53.1 Å². The third kappa shape index (κ3) is 4.81. The molecule has 184 valence electrons. The Hall–Kier alpha value is -4.14. The zero-order chi connectivity index (χ0) is 25.7. The molecular weight excluding hydrogens is 475 g/mol. The van der Waals surface area contributed by atoms with Crippen molar-refractivity contribution in [3.63, 3.8) is 0 Å². The fraction of sp³-hybridized carbons (Fsp3) is 0.0938. The number of benzene rings is 4. The first-order valence-electron chi connectivity index (χ1n) is 12.4. The number of carbonyl (C=O) groups is 1. The van der Waals surface area contributed by atoms with Gasteiger partial charge in [-0.05, 0) is 19.1 Å².